The number of rotatable bonds is 5. The molecule has 0 saturated heterocycles. The summed E-state index contributed by atoms with van der Waals surface area (Å²) < 4.78 is 5.04. The molecular formula is C17H22N2O5. The highest BCUT2D eigenvalue weighted by molar-refractivity contribution is 5.87. The molecule has 2 amide bonds. The van der Waals surface area contributed by atoms with Crippen LogP contribution in [0.25, 0.3) is 0 Å². The van der Waals surface area contributed by atoms with Crippen LogP contribution in [0.4, 0.5) is 0 Å². The highest BCUT2D eigenvalue weighted by atomic mass is 16.5. The van der Waals surface area contributed by atoms with Crippen LogP contribution < -0.4 is 15.6 Å². The molecule has 2 atom stereocenters. The fraction of sp³-hybridized carbons (Fsp3) is 0.471. The van der Waals surface area contributed by atoms with Gasteiger partial charge in [-0.2, -0.15) is 0 Å². The van der Waals surface area contributed by atoms with Crippen molar-refractivity contribution in [2.45, 2.75) is 32.1 Å². The maximum atomic E-state index is 12.1. The number of benzene rings is 1. The number of hydrogen-bond acceptors (Lipinski definition) is 4. The van der Waals surface area contributed by atoms with E-state index in [4.69, 9.17) is 4.74 Å². The van der Waals surface area contributed by atoms with E-state index in [9.17, 15) is 19.5 Å². The molecular weight excluding hydrogens is 312 g/mol. The van der Waals surface area contributed by atoms with Crippen LogP contribution in [0.2, 0.25) is 0 Å². The third kappa shape index (κ3) is 4.71. The van der Waals surface area contributed by atoms with Crippen LogP contribution >= 0.6 is 0 Å². The Bertz CT molecular complexity index is 600. The quantitative estimate of drug-likeness (QED) is 0.704. The normalized spacial score (nSPS) is 20.0. The smallest absolute Gasteiger partial charge is 0.307 e. The number of carboxylic acids is 1. The van der Waals surface area contributed by atoms with Gasteiger partial charge in [-0.05, 0) is 30.5 Å². The van der Waals surface area contributed by atoms with E-state index in [1.54, 1.807) is 31.4 Å². The molecule has 0 aromatic heterocycles. The number of ether oxygens (including phenoxy) is 1. The van der Waals surface area contributed by atoms with E-state index >= 15 is 0 Å². The van der Waals surface area contributed by atoms with Crippen LogP contribution in [0.15, 0.2) is 24.3 Å². The van der Waals surface area contributed by atoms with Crippen LogP contribution in [-0.2, 0) is 20.8 Å². The van der Waals surface area contributed by atoms with Gasteiger partial charge in [0.15, 0.2) is 0 Å². The van der Waals surface area contributed by atoms with Gasteiger partial charge in [-0.25, -0.2) is 0 Å². The summed E-state index contributed by atoms with van der Waals surface area (Å²) in [5.74, 6) is -2.35. The lowest BCUT2D eigenvalue weighted by Crippen LogP contribution is -2.48. The Morgan fingerprint density at radius 2 is 1.71 bits per heavy atom. The second kappa shape index (κ2) is 8.33. The van der Waals surface area contributed by atoms with Gasteiger partial charge in [0.1, 0.15) is 5.75 Å². The van der Waals surface area contributed by atoms with Gasteiger partial charge in [-0.3, -0.25) is 25.2 Å². The lowest BCUT2D eigenvalue weighted by atomic mass is 9.79. The molecule has 1 aromatic rings. The lowest BCUT2D eigenvalue weighted by molar-refractivity contribution is -0.149. The third-order valence-electron chi connectivity index (χ3n) is 4.27. The summed E-state index contributed by atoms with van der Waals surface area (Å²) in [4.78, 5) is 35.3. The Morgan fingerprint density at radius 3 is 2.29 bits per heavy atom. The molecule has 1 saturated carbocycles. The van der Waals surface area contributed by atoms with Crippen molar-refractivity contribution in [2.75, 3.05) is 7.11 Å². The van der Waals surface area contributed by atoms with Crippen molar-refractivity contribution in [3.8, 4) is 5.75 Å². The zero-order valence-corrected chi connectivity index (χ0v) is 13.6. The Kier molecular flexibility index (Phi) is 6.17. The van der Waals surface area contributed by atoms with Crippen molar-refractivity contribution in [3.63, 3.8) is 0 Å². The number of hydrogen-bond donors (Lipinski definition) is 3. The number of methoxy groups -OCH3 is 1. The van der Waals surface area contributed by atoms with Crippen molar-refractivity contribution in [3.05, 3.63) is 29.8 Å². The van der Waals surface area contributed by atoms with Crippen molar-refractivity contribution in [1.82, 2.24) is 10.9 Å². The molecule has 0 radical (unpaired) electrons. The summed E-state index contributed by atoms with van der Waals surface area (Å²) in [6.45, 7) is 0. The van der Waals surface area contributed by atoms with Gasteiger partial charge < -0.3 is 9.84 Å². The number of hydrazine groups is 1. The Labute approximate surface area is 140 Å². The van der Waals surface area contributed by atoms with E-state index in [0.29, 0.717) is 18.6 Å². The maximum absolute atomic E-state index is 12.1. The lowest BCUT2D eigenvalue weighted by Gasteiger charge is -2.27. The van der Waals surface area contributed by atoms with Gasteiger partial charge in [0, 0.05) is 0 Å². The second-order valence-corrected chi connectivity index (χ2v) is 5.90. The Balaban J connectivity index is 1.83. The molecule has 7 nitrogen and oxygen atoms in total. The number of carbonyl (C=O) groups is 3. The van der Waals surface area contributed by atoms with Gasteiger partial charge in [0.05, 0.1) is 25.4 Å². The summed E-state index contributed by atoms with van der Waals surface area (Å²) in [7, 11) is 1.56. The summed E-state index contributed by atoms with van der Waals surface area (Å²) in [6, 6.07) is 7.03. The zero-order chi connectivity index (χ0) is 17.5. The first-order valence-electron chi connectivity index (χ1n) is 7.95. The minimum Gasteiger partial charge on any atom is -0.497 e. The van der Waals surface area contributed by atoms with Gasteiger partial charge >= 0.3 is 5.97 Å². The molecule has 3 N–H and O–H groups in total. The molecule has 7 heteroatoms. The van der Waals surface area contributed by atoms with Crippen molar-refractivity contribution in [1.29, 1.82) is 0 Å². The SMILES string of the molecule is COc1ccc(CC(=O)NNC(=O)[C@H]2CCCC[C@@H]2C(=O)O)cc1. The molecule has 2 rings (SSSR count). The number of aliphatic carboxylic acids is 1. The molecule has 0 bridgehead atoms. The van der Waals surface area contributed by atoms with Crippen molar-refractivity contribution < 1.29 is 24.2 Å². The molecule has 130 valence electrons. The first-order chi connectivity index (χ1) is 11.5. The van der Waals surface area contributed by atoms with Crippen LogP contribution in [0, 0.1) is 11.8 Å². The van der Waals surface area contributed by atoms with Crippen molar-refractivity contribution >= 4 is 17.8 Å². The first-order valence-corrected chi connectivity index (χ1v) is 7.95. The molecule has 1 aliphatic rings. The van der Waals surface area contributed by atoms with Gasteiger partial charge in [-0.1, -0.05) is 25.0 Å². The fourth-order valence-electron chi connectivity index (χ4n) is 2.94. The monoisotopic (exact) mass is 334 g/mol. The minimum atomic E-state index is -0.959. The van der Waals surface area contributed by atoms with Crippen LogP contribution in [0.3, 0.4) is 0 Å². The first kappa shape index (κ1) is 17.8. The van der Waals surface area contributed by atoms with Crippen LogP contribution in [-0.4, -0.2) is 30.0 Å². The van der Waals surface area contributed by atoms with Gasteiger partial charge in [0.25, 0.3) is 0 Å². The fourth-order valence-corrected chi connectivity index (χ4v) is 2.94. The molecule has 1 aromatic carbocycles. The molecule has 24 heavy (non-hydrogen) atoms. The van der Waals surface area contributed by atoms with Gasteiger partial charge in [0.2, 0.25) is 11.8 Å². The van der Waals surface area contributed by atoms with Crippen molar-refractivity contribution in [2.24, 2.45) is 11.8 Å². The molecule has 0 unspecified atom stereocenters. The number of amides is 2. The third-order valence-corrected chi connectivity index (χ3v) is 4.27. The average molecular weight is 334 g/mol. The Morgan fingerprint density at radius 1 is 1.08 bits per heavy atom. The van der Waals surface area contributed by atoms with E-state index in [1.165, 1.54) is 0 Å². The number of nitrogens with one attached hydrogen (secondary N) is 2. The summed E-state index contributed by atoms with van der Waals surface area (Å²) in [6.07, 6.45) is 2.76. The van der Waals surface area contributed by atoms with E-state index < -0.39 is 23.7 Å². The number of carbonyl (C=O) groups excluding carboxylic acids is 2. The molecule has 0 heterocycles. The highest BCUT2D eigenvalue weighted by Gasteiger charge is 2.35. The van der Waals surface area contributed by atoms with E-state index in [0.717, 1.165) is 18.4 Å². The number of carboxylic acid groups (broad SMARTS) is 1. The topological polar surface area (TPSA) is 105 Å². The minimum absolute atomic E-state index is 0.108. The average Bonchev–Trinajstić information content (AvgIpc) is 2.60. The predicted molar refractivity (Wildman–Crippen MR) is 86.1 cm³/mol. The molecule has 0 aliphatic heterocycles. The zero-order valence-electron chi connectivity index (χ0n) is 13.6. The van der Waals surface area contributed by atoms with E-state index in [2.05, 4.69) is 10.9 Å². The van der Waals surface area contributed by atoms with Gasteiger partial charge in [-0.15, -0.1) is 0 Å². The van der Waals surface area contributed by atoms with E-state index in [1.807, 2.05) is 0 Å². The summed E-state index contributed by atoms with van der Waals surface area (Å²) in [5, 5.41) is 9.19. The van der Waals surface area contributed by atoms with Crippen LogP contribution in [0.5, 0.6) is 5.75 Å². The standard InChI is InChI=1S/C17H22N2O5/c1-24-12-8-6-11(7-9-12)10-15(20)18-19-16(21)13-4-2-3-5-14(13)17(22)23/h6-9,13-14H,2-5,10H2,1H3,(H,18,20)(H,19,21)(H,22,23)/t13-,14-/m0/s1. The predicted octanol–water partition coefficient (Wildman–Crippen LogP) is 1.28. The molecule has 1 aliphatic carbocycles. The van der Waals surface area contributed by atoms with E-state index in [-0.39, 0.29) is 12.3 Å². The Hall–Kier alpha value is -2.57. The molecule has 0 spiro atoms. The summed E-state index contributed by atoms with van der Waals surface area (Å²) in [5.41, 5.74) is 5.49. The van der Waals surface area contributed by atoms with Crippen LogP contribution in [0.1, 0.15) is 31.2 Å². The maximum Gasteiger partial charge on any atom is 0.307 e. The summed E-state index contributed by atoms with van der Waals surface area (Å²) >= 11 is 0. The second-order valence-electron chi connectivity index (χ2n) is 5.90. The molecule has 1 fully saturated rings. The largest absolute Gasteiger partial charge is 0.497 e. The highest BCUT2D eigenvalue weighted by Crippen LogP contribution is 2.30.